The predicted octanol–water partition coefficient (Wildman–Crippen LogP) is 2.10. The first-order chi connectivity index (χ1) is 12.7. The van der Waals surface area contributed by atoms with E-state index in [9.17, 15) is 4.79 Å². The number of nitrogens with zero attached hydrogens (tertiary/aromatic N) is 6. The lowest BCUT2D eigenvalue weighted by atomic mass is 9.97. The number of aromatic nitrogens is 5. The number of carbonyl (C=O) groups is 1. The number of tetrazole rings is 1. The van der Waals surface area contributed by atoms with Crippen LogP contribution in [0.2, 0.25) is 0 Å². The van der Waals surface area contributed by atoms with Crippen LogP contribution in [0, 0.1) is 5.92 Å². The van der Waals surface area contributed by atoms with Gasteiger partial charge in [0.05, 0.1) is 5.92 Å². The molecule has 1 amide bonds. The smallest absolute Gasteiger partial charge is 0.229 e. The number of amides is 1. The number of fused-ring (bicyclic) bond motifs is 1. The summed E-state index contributed by atoms with van der Waals surface area (Å²) in [6.45, 7) is 1.50. The molecule has 0 aliphatic carbocycles. The summed E-state index contributed by atoms with van der Waals surface area (Å²) in [5, 5.41) is 18.8. The van der Waals surface area contributed by atoms with Crippen LogP contribution in [0.5, 0.6) is 0 Å². The second-order valence-corrected chi connectivity index (χ2v) is 7.10. The normalized spacial score (nSPS) is 17.4. The van der Waals surface area contributed by atoms with Gasteiger partial charge in [-0.05, 0) is 59.9 Å². The van der Waals surface area contributed by atoms with Crippen molar-refractivity contribution in [2.75, 3.05) is 29.6 Å². The number of rotatable bonds is 4. The molecule has 8 nitrogen and oxygen atoms in total. The summed E-state index contributed by atoms with van der Waals surface area (Å²) in [5.74, 6) is 0.760. The highest BCUT2D eigenvalue weighted by molar-refractivity contribution is 7.98. The number of benzene rings is 1. The first kappa shape index (κ1) is 16.8. The number of nitrogens with one attached hydrogen (secondary N) is 1. The van der Waals surface area contributed by atoms with Crippen LogP contribution in [0.3, 0.4) is 0 Å². The fraction of sp³-hybridized carbons (Fsp3) is 0.353. The van der Waals surface area contributed by atoms with E-state index < -0.39 is 0 Å². The van der Waals surface area contributed by atoms with E-state index in [2.05, 4.69) is 30.8 Å². The maximum Gasteiger partial charge on any atom is 0.229 e. The molecule has 3 heterocycles. The molecule has 4 rings (SSSR count). The Bertz CT molecular complexity index is 928. The highest BCUT2D eigenvalue weighted by Gasteiger charge is 2.27. The van der Waals surface area contributed by atoms with Gasteiger partial charge < -0.3 is 10.2 Å². The lowest BCUT2D eigenvalue weighted by Gasteiger charge is -2.32. The average Bonchev–Trinajstić information content (AvgIpc) is 3.16. The zero-order chi connectivity index (χ0) is 17.9. The Labute approximate surface area is 155 Å². The molecule has 1 aliphatic rings. The van der Waals surface area contributed by atoms with Crippen LogP contribution < -0.4 is 10.2 Å². The first-order valence-corrected chi connectivity index (χ1v) is 9.71. The monoisotopic (exact) mass is 369 g/mol. The SMILES string of the molecule is CSc1cccc(NC(=O)C2CCCN(c3ccc4nnnn4n3)C2)c1. The summed E-state index contributed by atoms with van der Waals surface area (Å²) in [6.07, 6.45) is 3.84. The third-order valence-corrected chi connectivity index (χ3v) is 5.23. The Kier molecular flexibility index (Phi) is 4.70. The minimum atomic E-state index is -0.0759. The van der Waals surface area contributed by atoms with Crippen molar-refractivity contribution in [2.24, 2.45) is 5.92 Å². The molecule has 134 valence electrons. The van der Waals surface area contributed by atoms with Crippen LogP contribution in [0.4, 0.5) is 11.5 Å². The summed E-state index contributed by atoms with van der Waals surface area (Å²) in [4.78, 5) is 16.0. The molecule has 0 bridgehead atoms. The van der Waals surface area contributed by atoms with Gasteiger partial charge in [-0.2, -0.15) is 0 Å². The van der Waals surface area contributed by atoms with E-state index in [1.165, 1.54) is 4.63 Å². The van der Waals surface area contributed by atoms with Crippen molar-refractivity contribution in [1.29, 1.82) is 0 Å². The predicted molar refractivity (Wildman–Crippen MR) is 100 cm³/mol. The molecule has 0 spiro atoms. The molecule has 9 heteroatoms. The van der Waals surface area contributed by atoms with Gasteiger partial charge in [-0.1, -0.05) is 6.07 Å². The van der Waals surface area contributed by atoms with Crippen LogP contribution in [-0.4, -0.2) is 50.5 Å². The number of anilines is 2. The molecule has 26 heavy (non-hydrogen) atoms. The van der Waals surface area contributed by atoms with E-state index in [1.54, 1.807) is 11.8 Å². The van der Waals surface area contributed by atoms with E-state index >= 15 is 0 Å². The van der Waals surface area contributed by atoms with Crippen molar-refractivity contribution in [2.45, 2.75) is 17.7 Å². The zero-order valence-corrected chi connectivity index (χ0v) is 15.2. The van der Waals surface area contributed by atoms with Crippen molar-refractivity contribution >= 4 is 34.8 Å². The van der Waals surface area contributed by atoms with E-state index in [1.807, 2.05) is 42.7 Å². The first-order valence-electron chi connectivity index (χ1n) is 8.48. The van der Waals surface area contributed by atoms with Crippen LogP contribution in [0.1, 0.15) is 12.8 Å². The molecule has 1 N–H and O–H groups in total. The lowest BCUT2D eigenvalue weighted by molar-refractivity contribution is -0.120. The maximum absolute atomic E-state index is 12.7. The average molecular weight is 369 g/mol. The van der Waals surface area contributed by atoms with Crippen LogP contribution in [0.25, 0.3) is 5.65 Å². The molecule has 3 aromatic rings. The third-order valence-electron chi connectivity index (χ3n) is 4.51. The third kappa shape index (κ3) is 3.48. The van der Waals surface area contributed by atoms with E-state index in [4.69, 9.17) is 0 Å². The van der Waals surface area contributed by atoms with Crippen molar-refractivity contribution in [3.63, 3.8) is 0 Å². The Morgan fingerprint density at radius 3 is 3.12 bits per heavy atom. The van der Waals surface area contributed by atoms with Crippen molar-refractivity contribution < 1.29 is 4.79 Å². The Hall–Kier alpha value is -2.68. The quantitative estimate of drug-likeness (QED) is 0.705. The van der Waals surface area contributed by atoms with Gasteiger partial charge in [0.1, 0.15) is 0 Å². The molecule has 2 aromatic heterocycles. The van der Waals surface area contributed by atoms with Gasteiger partial charge in [-0.25, -0.2) is 0 Å². The summed E-state index contributed by atoms with van der Waals surface area (Å²) < 4.78 is 1.41. The van der Waals surface area contributed by atoms with Gasteiger partial charge in [0, 0.05) is 23.7 Å². The summed E-state index contributed by atoms with van der Waals surface area (Å²) in [7, 11) is 0. The summed E-state index contributed by atoms with van der Waals surface area (Å²) >= 11 is 1.66. The van der Waals surface area contributed by atoms with Gasteiger partial charge in [0.25, 0.3) is 0 Å². The topological polar surface area (TPSA) is 88.3 Å². The van der Waals surface area contributed by atoms with Gasteiger partial charge in [0.15, 0.2) is 11.5 Å². The molecular weight excluding hydrogens is 350 g/mol. The minimum absolute atomic E-state index is 0.0523. The molecule has 0 saturated carbocycles. The van der Waals surface area contributed by atoms with Gasteiger partial charge in [-0.15, -0.1) is 26.6 Å². The van der Waals surface area contributed by atoms with Crippen LogP contribution in [0.15, 0.2) is 41.3 Å². The second kappa shape index (κ2) is 7.28. The van der Waals surface area contributed by atoms with Crippen LogP contribution in [-0.2, 0) is 4.79 Å². The molecule has 1 unspecified atom stereocenters. The Morgan fingerprint density at radius 1 is 1.31 bits per heavy atom. The highest BCUT2D eigenvalue weighted by Crippen LogP contribution is 2.24. The fourth-order valence-corrected chi connectivity index (χ4v) is 3.61. The van der Waals surface area contributed by atoms with Gasteiger partial charge in [-0.3, -0.25) is 4.79 Å². The molecule has 1 fully saturated rings. The minimum Gasteiger partial charge on any atom is -0.354 e. The van der Waals surface area contributed by atoms with Gasteiger partial charge in [0.2, 0.25) is 5.91 Å². The molecule has 1 aromatic carbocycles. The largest absolute Gasteiger partial charge is 0.354 e. The number of hydrogen-bond donors (Lipinski definition) is 1. The molecule has 1 aliphatic heterocycles. The number of carbonyl (C=O) groups excluding carboxylic acids is 1. The van der Waals surface area contributed by atoms with E-state index in [0.717, 1.165) is 35.8 Å². The maximum atomic E-state index is 12.7. The zero-order valence-electron chi connectivity index (χ0n) is 14.4. The summed E-state index contributed by atoms with van der Waals surface area (Å²) in [5.41, 5.74) is 1.45. The highest BCUT2D eigenvalue weighted by atomic mass is 32.2. The molecule has 1 saturated heterocycles. The number of piperidine rings is 1. The molecule has 0 radical (unpaired) electrons. The standard InChI is InChI=1S/C17H19N7OS/c1-26-14-6-2-5-13(10-14)18-17(25)12-4-3-9-23(11-12)16-8-7-15-19-21-22-24(15)20-16/h2,5-8,10,12H,3-4,9,11H2,1H3,(H,18,25). The summed E-state index contributed by atoms with van der Waals surface area (Å²) in [6, 6.07) is 11.6. The Balaban J connectivity index is 1.46. The Morgan fingerprint density at radius 2 is 2.23 bits per heavy atom. The number of hydrogen-bond acceptors (Lipinski definition) is 7. The number of thioether (sulfide) groups is 1. The van der Waals surface area contributed by atoms with E-state index in [0.29, 0.717) is 12.2 Å². The van der Waals surface area contributed by atoms with Gasteiger partial charge >= 0.3 is 0 Å². The lowest BCUT2D eigenvalue weighted by Crippen LogP contribution is -2.41. The molecular formula is C17H19N7OS. The van der Waals surface area contributed by atoms with Crippen LogP contribution >= 0.6 is 11.8 Å². The fourth-order valence-electron chi connectivity index (χ4n) is 3.15. The second-order valence-electron chi connectivity index (χ2n) is 6.22. The van der Waals surface area contributed by atoms with Crippen molar-refractivity contribution in [3.8, 4) is 0 Å². The van der Waals surface area contributed by atoms with Crippen molar-refractivity contribution in [1.82, 2.24) is 25.3 Å². The molecule has 1 atom stereocenters. The van der Waals surface area contributed by atoms with E-state index in [-0.39, 0.29) is 11.8 Å². The van der Waals surface area contributed by atoms with Crippen molar-refractivity contribution in [3.05, 3.63) is 36.4 Å².